The summed E-state index contributed by atoms with van der Waals surface area (Å²) in [5.41, 5.74) is 2.75. The van der Waals surface area contributed by atoms with Crippen LogP contribution in [0.1, 0.15) is 113 Å². The van der Waals surface area contributed by atoms with Crippen molar-refractivity contribution in [2.75, 3.05) is 13.2 Å². The SMILES string of the molecule is CCCCCCCCCCCCOc1ccc([C@H]2CC[C@@H]3O[C@H](c4ccc(C#N)cc4)OC[C@H]3O2)cc1. The van der Waals surface area contributed by atoms with Crippen molar-refractivity contribution in [2.24, 2.45) is 0 Å². The van der Waals surface area contributed by atoms with E-state index in [1.807, 2.05) is 12.1 Å². The van der Waals surface area contributed by atoms with Crippen LogP contribution < -0.4 is 4.74 Å². The van der Waals surface area contributed by atoms with E-state index in [9.17, 15) is 0 Å². The van der Waals surface area contributed by atoms with Crippen molar-refractivity contribution in [1.82, 2.24) is 0 Å². The van der Waals surface area contributed by atoms with Gasteiger partial charge in [-0.25, -0.2) is 0 Å². The Balaban J connectivity index is 1.12. The molecule has 2 saturated heterocycles. The summed E-state index contributed by atoms with van der Waals surface area (Å²) in [6.07, 6.45) is 14.8. The van der Waals surface area contributed by atoms with Crippen LogP contribution in [0.15, 0.2) is 48.5 Å². The summed E-state index contributed by atoms with van der Waals surface area (Å²) in [7, 11) is 0. The summed E-state index contributed by atoms with van der Waals surface area (Å²) >= 11 is 0. The van der Waals surface area contributed by atoms with E-state index in [1.54, 1.807) is 12.1 Å². The molecular formula is C32H43NO4. The van der Waals surface area contributed by atoms with Gasteiger partial charge in [-0.3, -0.25) is 0 Å². The summed E-state index contributed by atoms with van der Waals surface area (Å²) in [5.74, 6) is 0.933. The van der Waals surface area contributed by atoms with Crippen molar-refractivity contribution in [3.63, 3.8) is 0 Å². The topological polar surface area (TPSA) is 60.7 Å². The van der Waals surface area contributed by atoms with Gasteiger partial charge in [-0.1, -0.05) is 89.0 Å². The molecule has 5 nitrogen and oxygen atoms in total. The van der Waals surface area contributed by atoms with Crippen LogP contribution in [0, 0.1) is 11.3 Å². The lowest BCUT2D eigenvalue weighted by molar-refractivity contribution is -0.289. The molecule has 2 heterocycles. The van der Waals surface area contributed by atoms with E-state index in [2.05, 4.69) is 37.3 Å². The lowest BCUT2D eigenvalue weighted by atomic mass is 9.95. The van der Waals surface area contributed by atoms with Gasteiger partial charge in [0.1, 0.15) is 11.9 Å². The Morgan fingerprint density at radius 1 is 0.757 bits per heavy atom. The minimum Gasteiger partial charge on any atom is -0.494 e. The second-order valence-electron chi connectivity index (χ2n) is 10.4. The molecule has 2 aliphatic rings. The highest BCUT2D eigenvalue weighted by Gasteiger charge is 2.38. The molecule has 0 radical (unpaired) electrons. The molecule has 0 spiro atoms. The molecule has 200 valence electrons. The lowest BCUT2D eigenvalue weighted by Gasteiger charge is -2.42. The minimum atomic E-state index is -0.402. The Kier molecular flexibility index (Phi) is 11.3. The molecule has 5 heteroatoms. The number of unbranched alkanes of at least 4 members (excludes halogenated alkanes) is 9. The van der Waals surface area contributed by atoms with Crippen LogP contribution in [-0.4, -0.2) is 25.4 Å². The number of hydrogen-bond acceptors (Lipinski definition) is 5. The summed E-state index contributed by atoms with van der Waals surface area (Å²) in [5, 5.41) is 9.00. The molecule has 0 unspecified atom stereocenters. The molecule has 4 rings (SSSR count). The van der Waals surface area contributed by atoms with Crippen LogP contribution >= 0.6 is 0 Å². The molecule has 0 saturated carbocycles. The van der Waals surface area contributed by atoms with E-state index in [0.29, 0.717) is 12.2 Å². The van der Waals surface area contributed by atoms with Crippen molar-refractivity contribution in [1.29, 1.82) is 5.26 Å². The Labute approximate surface area is 223 Å². The number of rotatable bonds is 14. The van der Waals surface area contributed by atoms with Gasteiger partial charge in [0, 0.05) is 5.56 Å². The molecule has 0 bridgehead atoms. The van der Waals surface area contributed by atoms with Gasteiger partial charge >= 0.3 is 0 Å². The van der Waals surface area contributed by atoms with E-state index in [0.717, 1.165) is 37.2 Å². The monoisotopic (exact) mass is 505 g/mol. The maximum Gasteiger partial charge on any atom is 0.184 e. The van der Waals surface area contributed by atoms with Gasteiger partial charge in [0.25, 0.3) is 0 Å². The smallest absolute Gasteiger partial charge is 0.184 e. The maximum absolute atomic E-state index is 9.00. The van der Waals surface area contributed by atoms with Gasteiger partial charge in [-0.15, -0.1) is 0 Å². The highest BCUT2D eigenvalue weighted by atomic mass is 16.7. The Morgan fingerprint density at radius 3 is 2.08 bits per heavy atom. The van der Waals surface area contributed by atoms with Crippen LogP contribution in [0.5, 0.6) is 5.75 Å². The van der Waals surface area contributed by atoms with Crippen LogP contribution in [0.3, 0.4) is 0 Å². The molecule has 0 aromatic heterocycles. The molecule has 2 aromatic rings. The zero-order valence-electron chi connectivity index (χ0n) is 22.4. The zero-order chi connectivity index (χ0) is 25.7. The average Bonchev–Trinajstić information content (AvgIpc) is 2.96. The standard InChI is InChI=1S/C32H43NO4/c1-2-3-4-5-6-7-8-9-10-11-22-34-28-18-16-26(17-19-28)29-20-21-30-31(36-29)24-35-32(37-30)27-14-12-25(23-33)13-15-27/h12-19,29-32H,2-11,20-22,24H2,1H3/t29-,30+,31-,32-/m1/s1. The number of hydrogen-bond donors (Lipinski definition) is 0. The Hall–Kier alpha value is -2.39. The Morgan fingerprint density at radius 2 is 1.41 bits per heavy atom. The first-order valence-electron chi connectivity index (χ1n) is 14.4. The maximum atomic E-state index is 9.00. The first kappa shape index (κ1) is 27.6. The quantitative estimate of drug-likeness (QED) is 0.242. The molecule has 2 aromatic carbocycles. The number of nitriles is 1. The summed E-state index contributed by atoms with van der Waals surface area (Å²) in [6, 6.07) is 17.9. The average molecular weight is 506 g/mol. The van der Waals surface area contributed by atoms with Gasteiger partial charge in [-0.2, -0.15) is 5.26 Å². The van der Waals surface area contributed by atoms with Gasteiger partial charge in [0.2, 0.25) is 0 Å². The van der Waals surface area contributed by atoms with Crippen molar-refractivity contribution in [3.05, 3.63) is 65.2 Å². The van der Waals surface area contributed by atoms with Gasteiger partial charge in [0.15, 0.2) is 6.29 Å². The molecule has 37 heavy (non-hydrogen) atoms. The summed E-state index contributed by atoms with van der Waals surface area (Å²) < 4.78 is 24.5. The first-order valence-corrected chi connectivity index (χ1v) is 14.4. The third kappa shape index (κ3) is 8.57. The molecule has 0 N–H and O–H groups in total. The number of ether oxygens (including phenoxy) is 4. The minimum absolute atomic E-state index is 0.0225. The predicted molar refractivity (Wildman–Crippen MR) is 145 cm³/mol. The van der Waals surface area contributed by atoms with Crippen molar-refractivity contribution >= 4 is 0 Å². The largest absolute Gasteiger partial charge is 0.494 e. The fraction of sp³-hybridized carbons (Fsp3) is 0.594. The van der Waals surface area contributed by atoms with E-state index < -0.39 is 6.29 Å². The predicted octanol–water partition coefficient (Wildman–Crippen LogP) is 8.19. The highest BCUT2D eigenvalue weighted by molar-refractivity contribution is 5.32. The van der Waals surface area contributed by atoms with E-state index in [4.69, 9.17) is 24.2 Å². The van der Waals surface area contributed by atoms with E-state index >= 15 is 0 Å². The van der Waals surface area contributed by atoms with E-state index in [1.165, 1.54) is 63.4 Å². The number of nitrogens with zero attached hydrogens (tertiary/aromatic N) is 1. The lowest BCUT2D eigenvalue weighted by Crippen LogP contribution is -2.45. The summed E-state index contributed by atoms with van der Waals surface area (Å²) in [4.78, 5) is 0. The third-order valence-electron chi connectivity index (χ3n) is 7.51. The molecule has 0 amide bonds. The normalized spacial score (nSPS) is 23.2. The van der Waals surface area contributed by atoms with Crippen molar-refractivity contribution < 1.29 is 18.9 Å². The van der Waals surface area contributed by atoms with Gasteiger partial charge in [0.05, 0.1) is 37.1 Å². The molecular weight excluding hydrogens is 462 g/mol. The molecule has 4 atom stereocenters. The second-order valence-corrected chi connectivity index (χ2v) is 10.4. The fourth-order valence-electron chi connectivity index (χ4n) is 5.24. The Bertz CT molecular complexity index is 952. The third-order valence-corrected chi connectivity index (χ3v) is 7.51. The van der Waals surface area contributed by atoms with Gasteiger partial charge < -0.3 is 18.9 Å². The first-order chi connectivity index (χ1) is 18.3. The summed E-state index contributed by atoms with van der Waals surface area (Å²) in [6.45, 7) is 3.56. The molecule has 2 aliphatic heterocycles. The number of benzene rings is 2. The van der Waals surface area contributed by atoms with Crippen molar-refractivity contribution in [3.8, 4) is 11.8 Å². The fourth-order valence-corrected chi connectivity index (χ4v) is 5.24. The van der Waals surface area contributed by atoms with Gasteiger partial charge in [-0.05, 0) is 49.1 Å². The van der Waals surface area contributed by atoms with E-state index in [-0.39, 0.29) is 18.3 Å². The second kappa shape index (κ2) is 15.1. The van der Waals surface area contributed by atoms with Crippen LogP contribution in [0.4, 0.5) is 0 Å². The van der Waals surface area contributed by atoms with Crippen molar-refractivity contribution in [2.45, 2.75) is 109 Å². The molecule has 2 fully saturated rings. The number of fused-ring (bicyclic) bond motifs is 1. The van der Waals surface area contributed by atoms with Crippen LogP contribution in [0.2, 0.25) is 0 Å². The van der Waals surface area contributed by atoms with Crippen LogP contribution in [0.25, 0.3) is 0 Å². The van der Waals surface area contributed by atoms with Crippen LogP contribution in [-0.2, 0) is 14.2 Å². The molecule has 0 aliphatic carbocycles. The zero-order valence-corrected chi connectivity index (χ0v) is 22.4. The highest BCUT2D eigenvalue weighted by Crippen LogP contribution is 2.38.